The maximum atomic E-state index is 3.50. The molecule has 1 aliphatic heterocycles. The summed E-state index contributed by atoms with van der Waals surface area (Å²) in [7, 11) is 0. The van der Waals surface area contributed by atoms with Crippen LogP contribution >= 0.6 is 0 Å². The predicted octanol–water partition coefficient (Wildman–Crippen LogP) is 2.43. The van der Waals surface area contributed by atoms with E-state index in [0.29, 0.717) is 0 Å². The van der Waals surface area contributed by atoms with Gasteiger partial charge in [0.1, 0.15) is 0 Å². The zero-order valence-electron chi connectivity index (χ0n) is 11.1. The van der Waals surface area contributed by atoms with Crippen LogP contribution in [0.3, 0.4) is 0 Å². The Balaban J connectivity index is 1.93. The summed E-state index contributed by atoms with van der Waals surface area (Å²) < 4.78 is 0. The summed E-state index contributed by atoms with van der Waals surface area (Å²) in [6.07, 6.45) is 1.26. The molecule has 1 saturated heterocycles. The number of nitrogens with one attached hydrogen (secondary N) is 1. The topological polar surface area (TPSA) is 15.3 Å². The van der Waals surface area contributed by atoms with E-state index in [1.54, 1.807) is 0 Å². The van der Waals surface area contributed by atoms with Crippen LogP contribution in [-0.2, 0) is 6.54 Å². The van der Waals surface area contributed by atoms with Gasteiger partial charge in [-0.1, -0.05) is 36.8 Å². The van der Waals surface area contributed by atoms with Crippen LogP contribution in [0, 0.1) is 12.8 Å². The van der Waals surface area contributed by atoms with Crippen LogP contribution in [0.5, 0.6) is 0 Å². The lowest BCUT2D eigenvalue weighted by Crippen LogP contribution is -2.38. The van der Waals surface area contributed by atoms with Crippen LogP contribution in [0.4, 0.5) is 0 Å². The molecule has 0 amide bonds. The minimum absolute atomic E-state index is 0.751. The lowest BCUT2D eigenvalue weighted by atomic mass is 10.1. The molecule has 1 aromatic carbocycles. The molecule has 2 rings (SSSR count). The minimum atomic E-state index is 0.751. The molecule has 0 aliphatic carbocycles. The van der Waals surface area contributed by atoms with E-state index >= 15 is 0 Å². The molecule has 2 heteroatoms. The summed E-state index contributed by atoms with van der Waals surface area (Å²) in [5.74, 6) is 0.751. The number of hydrogen-bond donors (Lipinski definition) is 1. The van der Waals surface area contributed by atoms with Gasteiger partial charge in [0, 0.05) is 13.1 Å². The SMILES string of the molecule is Cc1ccc(CN2CCCNCC(C)C2)cc1. The highest BCUT2D eigenvalue weighted by molar-refractivity contribution is 5.21. The Hall–Kier alpha value is -0.860. The van der Waals surface area contributed by atoms with Crippen molar-refractivity contribution in [3.63, 3.8) is 0 Å². The molecule has 0 radical (unpaired) electrons. The summed E-state index contributed by atoms with van der Waals surface area (Å²) in [5, 5.41) is 3.50. The summed E-state index contributed by atoms with van der Waals surface area (Å²) >= 11 is 0. The normalized spacial score (nSPS) is 23.1. The second-order valence-corrected chi connectivity index (χ2v) is 5.38. The van der Waals surface area contributed by atoms with Crippen molar-refractivity contribution in [1.29, 1.82) is 0 Å². The quantitative estimate of drug-likeness (QED) is 0.842. The molecule has 1 N–H and O–H groups in total. The van der Waals surface area contributed by atoms with Gasteiger partial charge in [0.2, 0.25) is 0 Å². The molecule has 1 heterocycles. The van der Waals surface area contributed by atoms with Crippen LogP contribution in [0.1, 0.15) is 24.5 Å². The lowest BCUT2D eigenvalue weighted by Gasteiger charge is -2.28. The number of benzene rings is 1. The summed E-state index contributed by atoms with van der Waals surface area (Å²) in [4.78, 5) is 2.59. The van der Waals surface area contributed by atoms with E-state index in [2.05, 4.69) is 48.3 Å². The van der Waals surface area contributed by atoms with Crippen molar-refractivity contribution in [3.05, 3.63) is 35.4 Å². The highest BCUT2D eigenvalue weighted by atomic mass is 15.1. The first kappa shape index (κ1) is 12.6. The van der Waals surface area contributed by atoms with Crippen LogP contribution in [0.25, 0.3) is 0 Å². The Labute approximate surface area is 105 Å². The fourth-order valence-electron chi connectivity index (χ4n) is 2.47. The van der Waals surface area contributed by atoms with Crippen LogP contribution in [0.15, 0.2) is 24.3 Å². The van der Waals surface area contributed by atoms with Gasteiger partial charge in [-0.2, -0.15) is 0 Å². The van der Waals surface area contributed by atoms with Gasteiger partial charge >= 0.3 is 0 Å². The van der Waals surface area contributed by atoms with Crippen molar-refractivity contribution in [1.82, 2.24) is 10.2 Å². The number of aryl methyl sites for hydroxylation is 1. The van der Waals surface area contributed by atoms with Gasteiger partial charge in [-0.05, 0) is 44.5 Å². The second-order valence-electron chi connectivity index (χ2n) is 5.38. The van der Waals surface area contributed by atoms with Gasteiger partial charge in [-0.15, -0.1) is 0 Å². The van der Waals surface area contributed by atoms with Gasteiger partial charge < -0.3 is 5.32 Å². The van der Waals surface area contributed by atoms with Crippen molar-refractivity contribution in [2.45, 2.75) is 26.8 Å². The number of nitrogens with zero attached hydrogens (tertiary/aromatic N) is 1. The maximum absolute atomic E-state index is 3.50. The van der Waals surface area contributed by atoms with E-state index in [-0.39, 0.29) is 0 Å². The first-order valence-corrected chi connectivity index (χ1v) is 6.72. The molecule has 0 saturated carbocycles. The largest absolute Gasteiger partial charge is 0.316 e. The molecule has 1 atom stereocenters. The van der Waals surface area contributed by atoms with Crippen molar-refractivity contribution in [2.75, 3.05) is 26.2 Å². The molecule has 1 unspecified atom stereocenters. The Bertz CT molecular complexity index is 331. The third-order valence-electron chi connectivity index (χ3n) is 3.42. The molecule has 2 nitrogen and oxygen atoms in total. The molecule has 0 spiro atoms. The maximum Gasteiger partial charge on any atom is 0.0233 e. The van der Waals surface area contributed by atoms with Crippen molar-refractivity contribution in [3.8, 4) is 0 Å². The highest BCUT2D eigenvalue weighted by Crippen LogP contribution is 2.10. The average molecular weight is 232 g/mol. The summed E-state index contributed by atoms with van der Waals surface area (Å²) in [6, 6.07) is 8.95. The molecule has 94 valence electrons. The highest BCUT2D eigenvalue weighted by Gasteiger charge is 2.13. The Morgan fingerprint density at radius 3 is 2.82 bits per heavy atom. The van der Waals surface area contributed by atoms with Crippen LogP contribution in [0.2, 0.25) is 0 Å². The van der Waals surface area contributed by atoms with E-state index in [4.69, 9.17) is 0 Å². The van der Waals surface area contributed by atoms with Gasteiger partial charge in [0.05, 0.1) is 0 Å². The molecule has 1 aliphatic rings. The summed E-state index contributed by atoms with van der Waals surface area (Å²) in [5.41, 5.74) is 2.79. The first-order chi connectivity index (χ1) is 8.24. The number of rotatable bonds is 2. The summed E-state index contributed by atoms with van der Waals surface area (Å²) in [6.45, 7) is 10.3. The van der Waals surface area contributed by atoms with E-state index in [1.165, 1.54) is 30.6 Å². The molecular weight excluding hydrogens is 208 g/mol. The van der Waals surface area contributed by atoms with Gasteiger partial charge in [0.15, 0.2) is 0 Å². The van der Waals surface area contributed by atoms with Gasteiger partial charge in [-0.25, -0.2) is 0 Å². The monoisotopic (exact) mass is 232 g/mol. The van der Waals surface area contributed by atoms with Gasteiger partial charge in [0.25, 0.3) is 0 Å². The van der Waals surface area contributed by atoms with Crippen LogP contribution < -0.4 is 5.32 Å². The Kier molecular flexibility index (Phi) is 4.57. The van der Waals surface area contributed by atoms with E-state index in [0.717, 1.165) is 25.6 Å². The average Bonchev–Trinajstić information content (AvgIpc) is 2.28. The van der Waals surface area contributed by atoms with Crippen molar-refractivity contribution >= 4 is 0 Å². The zero-order chi connectivity index (χ0) is 12.1. The van der Waals surface area contributed by atoms with Crippen molar-refractivity contribution in [2.24, 2.45) is 5.92 Å². The van der Waals surface area contributed by atoms with Gasteiger partial charge in [-0.3, -0.25) is 4.90 Å². The molecule has 1 aromatic rings. The van der Waals surface area contributed by atoms with Crippen LogP contribution in [-0.4, -0.2) is 31.1 Å². The Morgan fingerprint density at radius 1 is 1.29 bits per heavy atom. The third-order valence-corrected chi connectivity index (χ3v) is 3.42. The Morgan fingerprint density at radius 2 is 2.06 bits per heavy atom. The standard InChI is InChI=1S/C15H24N2/c1-13-4-6-15(7-5-13)12-17-9-3-8-16-10-14(2)11-17/h4-7,14,16H,3,8-12H2,1-2H3. The fourth-order valence-corrected chi connectivity index (χ4v) is 2.47. The van der Waals surface area contributed by atoms with E-state index in [1.807, 2.05) is 0 Å². The third kappa shape index (κ3) is 4.14. The lowest BCUT2D eigenvalue weighted by molar-refractivity contribution is 0.209. The zero-order valence-corrected chi connectivity index (χ0v) is 11.1. The molecule has 0 bridgehead atoms. The fraction of sp³-hybridized carbons (Fsp3) is 0.600. The second kappa shape index (κ2) is 6.18. The number of hydrogen-bond acceptors (Lipinski definition) is 2. The molecule has 0 aromatic heterocycles. The van der Waals surface area contributed by atoms with E-state index in [9.17, 15) is 0 Å². The predicted molar refractivity (Wildman–Crippen MR) is 73.1 cm³/mol. The van der Waals surface area contributed by atoms with E-state index < -0.39 is 0 Å². The molecule has 1 fully saturated rings. The smallest absolute Gasteiger partial charge is 0.0233 e. The minimum Gasteiger partial charge on any atom is -0.316 e. The first-order valence-electron chi connectivity index (χ1n) is 6.72. The molecule has 17 heavy (non-hydrogen) atoms. The van der Waals surface area contributed by atoms with Crippen molar-refractivity contribution < 1.29 is 0 Å². The molecular formula is C15H24N2.